The first-order valence-electron chi connectivity index (χ1n) is 8.19. The summed E-state index contributed by atoms with van der Waals surface area (Å²) in [5.41, 5.74) is 1.55. The van der Waals surface area contributed by atoms with Crippen LogP contribution in [0.25, 0.3) is 0 Å². The van der Waals surface area contributed by atoms with Gasteiger partial charge in [-0.3, -0.25) is 0 Å². The summed E-state index contributed by atoms with van der Waals surface area (Å²) in [4.78, 5) is 0. The molecule has 3 aromatic rings. The van der Waals surface area contributed by atoms with Gasteiger partial charge in [0.1, 0.15) is 17.3 Å². The number of benzene rings is 3. The number of rotatable bonds is 4. The van der Waals surface area contributed by atoms with Gasteiger partial charge in [0.05, 0.1) is 0 Å². The van der Waals surface area contributed by atoms with Gasteiger partial charge in [-0.15, -0.1) is 0 Å². The minimum absolute atomic E-state index is 0.191. The van der Waals surface area contributed by atoms with Crippen molar-refractivity contribution in [2.24, 2.45) is 0 Å². The molecule has 0 aliphatic rings. The Morgan fingerprint density at radius 2 is 1.12 bits per heavy atom. The molecule has 0 heterocycles. The van der Waals surface area contributed by atoms with Crippen LogP contribution in [0.4, 0.5) is 4.39 Å². The van der Waals surface area contributed by atoms with Gasteiger partial charge >= 0.3 is 21.2 Å². The van der Waals surface area contributed by atoms with Crippen molar-refractivity contribution in [3.8, 4) is 11.5 Å². The lowest BCUT2D eigenvalue weighted by molar-refractivity contribution is -0.597. The number of halogens is 2. The van der Waals surface area contributed by atoms with Crippen molar-refractivity contribution >= 4 is 0 Å². The Balaban J connectivity index is 1.65. The van der Waals surface area contributed by atoms with Gasteiger partial charge in [0.2, 0.25) is 0 Å². The first-order valence-corrected chi connectivity index (χ1v) is 10.3. The summed E-state index contributed by atoms with van der Waals surface area (Å²) in [7, 11) is 0. The zero-order chi connectivity index (χ0) is 17.9. The third-order valence-electron chi connectivity index (χ3n) is 3.79. The van der Waals surface area contributed by atoms with Crippen LogP contribution in [0.2, 0.25) is 0 Å². The second-order valence-electron chi connectivity index (χ2n) is 6.86. The number of hydrogen-bond donors (Lipinski definition) is 0. The van der Waals surface area contributed by atoms with E-state index in [2.05, 4.69) is 57.2 Å². The van der Waals surface area contributed by atoms with Crippen LogP contribution in [0.1, 0.15) is 26.3 Å². The molecule has 0 spiro atoms. The van der Waals surface area contributed by atoms with Gasteiger partial charge in [-0.1, -0.05) is 32.9 Å². The van der Waals surface area contributed by atoms with Gasteiger partial charge in [0.15, 0.2) is 7.14 Å². The number of ether oxygens (including phenoxy) is 1. The molecular weight excluding hydrogens is 426 g/mol. The van der Waals surface area contributed by atoms with Crippen molar-refractivity contribution in [3.63, 3.8) is 0 Å². The molecule has 0 aromatic heterocycles. The molecule has 3 aromatic carbocycles. The van der Waals surface area contributed by atoms with Crippen molar-refractivity contribution in [2.45, 2.75) is 26.2 Å². The highest BCUT2D eigenvalue weighted by atomic mass is 127. The molecule has 1 nitrogen and oxygen atoms in total. The summed E-state index contributed by atoms with van der Waals surface area (Å²) < 4.78 is 21.4. The van der Waals surface area contributed by atoms with Gasteiger partial charge in [-0.2, -0.15) is 0 Å². The second kappa shape index (κ2) is 7.56. The fourth-order valence-corrected chi connectivity index (χ4v) is 4.50. The molecule has 128 valence electrons. The molecule has 0 saturated heterocycles. The normalized spacial score (nSPS) is 11.4. The van der Waals surface area contributed by atoms with E-state index in [1.165, 1.54) is 24.8 Å². The zero-order valence-electron chi connectivity index (χ0n) is 14.6. The molecule has 0 unspecified atom stereocenters. The largest absolute Gasteiger partial charge is 0.457 e. The smallest absolute Gasteiger partial charge is 0.357 e. The van der Waals surface area contributed by atoms with Gasteiger partial charge in [0.25, 0.3) is 0 Å². The SMILES string of the molecule is CC(C)(C)c1ccc([I+]c2ccc(Oc3ccc(F)cc3)cc2)cc1. The first-order chi connectivity index (χ1) is 11.9. The molecule has 3 rings (SSSR count). The van der Waals surface area contributed by atoms with E-state index in [4.69, 9.17) is 4.74 Å². The molecule has 0 amide bonds. The van der Waals surface area contributed by atoms with E-state index >= 15 is 0 Å². The predicted molar refractivity (Wildman–Crippen MR) is 95.5 cm³/mol. The van der Waals surface area contributed by atoms with E-state index in [0.29, 0.717) is 5.75 Å². The van der Waals surface area contributed by atoms with Crippen LogP contribution in [0.5, 0.6) is 11.5 Å². The lowest BCUT2D eigenvalue weighted by Crippen LogP contribution is -3.61. The summed E-state index contributed by atoms with van der Waals surface area (Å²) in [5, 5.41) is 0. The van der Waals surface area contributed by atoms with E-state index in [0.717, 1.165) is 5.75 Å². The van der Waals surface area contributed by atoms with Crippen LogP contribution < -0.4 is 25.9 Å². The highest BCUT2D eigenvalue weighted by molar-refractivity contribution is 5.30. The fraction of sp³-hybridized carbons (Fsp3) is 0.182. The first kappa shape index (κ1) is 17.9. The molecule has 0 aliphatic carbocycles. The molecular formula is C22H21FIO+. The van der Waals surface area contributed by atoms with Crippen molar-refractivity contribution in [1.29, 1.82) is 0 Å². The Hall–Kier alpha value is -1.88. The summed E-state index contributed by atoms with van der Waals surface area (Å²) in [5.74, 6) is 1.15. The van der Waals surface area contributed by atoms with Gasteiger partial charge in [-0.05, 0) is 71.6 Å². The van der Waals surface area contributed by atoms with E-state index < -0.39 is 0 Å². The standard InChI is InChI=1S/C22H21FIO/c1-22(2,3)16-4-8-18(9-5-16)24-19-10-14-21(15-11-19)25-20-12-6-17(23)7-13-20/h4-15H,1-3H3/q+1. The fourth-order valence-electron chi connectivity index (χ4n) is 2.34. The molecule has 0 radical (unpaired) electrons. The molecule has 0 saturated carbocycles. The van der Waals surface area contributed by atoms with Crippen LogP contribution in [-0.4, -0.2) is 0 Å². The van der Waals surface area contributed by atoms with Crippen molar-refractivity contribution < 1.29 is 30.3 Å². The van der Waals surface area contributed by atoms with Crippen LogP contribution in [-0.2, 0) is 5.41 Å². The average Bonchev–Trinajstić information content (AvgIpc) is 2.58. The van der Waals surface area contributed by atoms with E-state index in [-0.39, 0.29) is 32.4 Å². The second-order valence-corrected chi connectivity index (χ2v) is 9.89. The van der Waals surface area contributed by atoms with Gasteiger partial charge < -0.3 is 4.74 Å². The Morgan fingerprint density at radius 3 is 1.60 bits per heavy atom. The van der Waals surface area contributed by atoms with Gasteiger partial charge in [0, 0.05) is 0 Å². The minimum atomic E-state index is -0.259. The summed E-state index contributed by atoms with van der Waals surface area (Å²) in [6.07, 6.45) is 0. The van der Waals surface area contributed by atoms with Gasteiger partial charge in [-0.25, -0.2) is 4.39 Å². The third-order valence-corrected chi connectivity index (χ3v) is 6.48. The summed E-state index contributed by atoms with van der Waals surface area (Å²) in [6.45, 7) is 6.70. The monoisotopic (exact) mass is 447 g/mol. The maximum atomic E-state index is 12.9. The maximum Gasteiger partial charge on any atom is 0.357 e. The minimum Gasteiger partial charge on any atom is -0.457 e. The van der Waals surface area contributed by atoms with Crippen LogP contribution in [0, 0.1) is 13.0 Å². The van der Waals surface area contributed by atoms with Crippen molar-refractivity contribution in [3.05, 3.63) is 91.3 Å². The van der Waals surface area contributed by atoms with Crippen LogP contribution >= 0.6 is 0 Å². The van der Waals surface area contributed by atoms with E-state index in [1.54, 1.807) is 12.1 Å². The molecule has 3 heteroatoms. The highest BCUT2D eigenvalue weighted by Crippen LogP contribution is 2.21. The summed E-state index contributed by atoms with van der Waals surface area (Å²) >= 11 is -0.204. The molecule has 0 fully saturated rings. The Bertz CT molecular complexity index is 816. The molecule has 0 atom stereocenters. The van der Waals surface area contributed by atoms with Crippen LogP contribution in [0.3, 0.4) is 0 Å². The third kappa shape index (κ3) is 5.05. The molecule has 0 aliphatic heterocycles. The van der Waals surface area contributed by atoms with Crippen molar-refractivity contribution in [2.75, 3.05) is 0 Å². The Labute approximate surface area is 159 Å². The zero-order valence-corrected chi connectivity index (χ0v) is 16.7. The molecule has 0 bridgehead atoms. The predicted octanol–water partition coefficient (Wildman–Crippen LogP) is 3.04. The quantitative estimate of drug-likeness (QED) is 0.559. The summed E-state index contributed by atoms with van der Waals surface area (Å²) in [6, 6.07) is 23.2. The lowest BCUT2D eigenvalue weighted by Gasteiger charge is -2.18. The number of hydrogen-bond acceptors (Lipinski definition) is 1. The Morgan fingerprint density at radius 1 is 0.680 bits per heavy atom. The lowest BCUT2D eigenvalue weighted by atomic mass is 9.87. The molecule has 25 heavy (non-hydrogen) atoms. The molecule has 0 N–H and O–H groups in total. The average molecular weight is 447 g/mol. The van der Waals surface area contributed by atoms with Crippen molar-refractivity contribution in [1.82, 2.24) is 0 Å². The Kier molecular flexibility index (Phi) is 5.42. The van der Waals surface area contributed by atoms with E-state index in [1.807, 2.05) is 12.1 Å². The maximum absolute atomic E-state index is 12.9. The van der Waals surface area contributed by atoms with Crippen LogP contribution in [0.15, 0.2) is 72.8 Å². The van der Waals surface area contributed by atoms with E-state index in [9.17, 15) is 4.39 Å². The topological polar surface area (TPSA) is 9.23 Å². The highest BCUT2D eigenvalue weighted by Gasteiger charge is 2.18.